The molecule has 2 unspecified atom stereocenters. The Morgan fingerprint density at radius 3 is 2.48 bits per heavy atom. The molecule has 2 saturated heterocycles. The molecule has 1 N–H and O–H groups in total. The van der Waals surface area contributed by atoms with Gasteiger partial charge in [-0.3, -0.25) is 4.21 Å². The van der Waals surface area contributed by atoms with Crippen LogP contribution in [0.1, 0.15) is 38.5 Å². The SMILES string of the molecule is O=S1CCN(SN2CC(C3CCCCC3)CC2CO)CC1. The number of nitrogens with zero attached hydrogens (tertiary/aromatic N) is 2. The first-order chi connectivity index (χ1) is 10.3. The summed E-state index contributed by atoms with van der Waals surface area (Å²) >= 11 is 1.80. The minimum absolute atomic E-state index is 0.274. The number of hydrogen-bond donors (Lipinski definition) is 1. The van der Waals surface area contributed by atoms with Crippen molar-refractivity contribution in [1.29, 1.82) is 0 Å². The lowest BCUT2D eigenvalue weighted by Crippen LogP contribution is -2.38. The van der Waals surface area contributed by atoms with Gasteiger partial charge in [-0.15, -0.1) is 0 Å². The van der Waals surface area contributed by atoms with Gasteiger partial charge in [0.15, 0.2) is 0 Å². The first-order valence-corrected chi connectivity index (χ1v) is 10.6. The zero-order chi connectivity index (χ0) is 14.7. The summed E-state index contributed by atoms with van der Waals surface area (Å²) in [6.07, 6.45) is 8.16. The van der Waals surface area contributed by atoms with Crippen LogP contribution in [0.5, 0.6) is 0 Å². The molecule has 4 nitrogen and oxygen atoms in total. The Morgan fingerprint density at radius 2 is 1.81 bits per heavy atom. The molecule has 0 aromatic heterocycles. The summed E-state index contributed by atoms with van der Waals surface area (Å²) in [6.45, 7) is 3.23. The summed E-state index contributed by atoms with van der Waals surface area (Å²) in [4.78, 5) is 0. The molecular weight excluding hydrogens is 304 g/mol. The maximum absolute atomic E-state index is 11.4. The number of aliphatic hydroxyl groups excluding tert-OH is 1. The van der Waals surface area contributed by atoms with Crippen molar-refractivity contribution in [2.75, 3.05) is 37.7 Å². The topological polar surface area (TPSA) is 43.8 Å². The Bertz CT molecular complexity index is 354. The van der Waals surface area contributed by atoms with Crippen LogP contribution in [0.3, 0.4) is 0 Å². The van der Waals surface area contributed by atoms with Gasteiger partial charge in [0.2, 0.25) is 0 Å². The van der Waals surface area contributed by atoms with Crippen LogP contribution in [0.15, 0.2) is 0 Å². The molecule has 2 aliphatic heterocycles. The van der Waals surface area contributed by atoms with Crippen LogP contribution < -0.4 is 0 Å². The highest BCUT2D eigenvalue weighted by Gasteiger charge is 2.38. The average Bonchev–Trinajstić information content (AvgIpc) is 2.93. The van der Waals surface area contributed by atoms with Crippen LogP contribution in [0.25, 0.3) is 0 Å². The molecule has 0 spiro atoms. The quantitative estimate of drug-likeness (QED) is 0.796. The van der Waals surface area contributed by atoms with E-state index in [1.54, 1.807) is 12.1 Å². The molecule has 21 heavy (non-hydrogen) atoms. The Hall–Kier alpha value is 0.380. The fraction of sp³-hybridized carbons (Fsp3) is 1.00. The second kappa shape index (κ2) is 7.77. The third-order valence-corrected chi connectivity index (χ3v) is 7.81. The van der Waals surface area contributed by atoms with Crippen LogP contribution in [0, 0.1) is 11.8 Å². The molecule has 3 fully saturated rings. The summed E-state index contributed by atoms with van der Waals surface area (Å²) in [5.74, 6) is 3.26. The zero-order valence-corrected chi connectivity index (χ0v) is 14.4. The van der Waals surface area contributed by atoms with E-state index in [0.717, 1.165) is 49.4 Å². The summed E-state index contributed by atoms with van der Waals surface area (Å²) in [5.41, 5.74) is 0. The second-order valence-electron chi connectivity index (χ2n) is 6.69. The summed E-state index contributed by atoms with van der Waals surface area (Å²) < 4.78 is 16.2. The maximum atomic E-state index is 11.4. The summed E-state index contributed by atoms with van der Waals surface area (Å²) in [7, 11) is -0.608. The van der Waals surface area contributed by atoms with Crippen molar-refractivity contribution in [3.05, 3.63) is 0 Å². The molecule has 2 atom stereocenters. The summed E-state index contributed by atoms with van der Waals surface area (Å²) in [5, 5.41) is 9.70. The van der Waals surface area contributed by atoms with Crippen molar-refractivity contribution in [1.82, 2.24) is 8.61 Å². The largest absolute Gasteiger partial charge is 0.395 e. The number of rotatable bonds is 4. The van der Waals surface area contributed by atoms with Gasteiger partial charge in [-0.05, 0) is 18.3 Å². The highest BCUT2D eigenvalue weighted by molar-refractivity contribution is 7.94. The molecule has 3 rings (SSSR count). The minimum Gasteiger partial charge on any atom is -0.395 e. The fourth-order valence-electron chi connectivity index (χ4n) is 3.99. The van der Waals surface area contributed by atoms with Gasteiger partial charge >= 0.3 is 0 Å². The highest BCUT2D eigenvalue weighted by atomic mass is 32.2. The van der Waals surface area contributed by atoms with Gasteiger partial charge in [0.1, 0.15) is 0 Å². The van der Waals surface area contributed by atoms with Gasteiger partial charge in [0.05, 0.1) is 6.61 Å². The van der Waals surface area contributed by atoms with Crippen LogP contribution >= 0.6 is 12.1 Å². The lowest BCUT2D eigenvalue weighted by Gasteiger charge is -2.31. The van der Waals surface area contributed by atoms with E-state index in [4.69, 9.17) is 0 Å². The molecule has 122 valence electrons. The molecule has 6 heteroatoms. The fourth-order valence-corrected chi connectivity index (χ4v) is 6.46. The van der Waals surface area contributed by atoms with E-state index in [9.17, 15) is 9.32 Å². The Labute approximate surface area is 135 Å². The van der Waals surface area contributed by atoms with E-state index in [-0.39, 0.29) is 6.61 Å². The van der Waals surface area contributed by atoms with Crippen LogP contribution in [-0.2, 0) is 10.8 Å². The third kappa shape index (κ3) is 4.22. The molecule has 0 bridgehead atoms. The van der Waals surface area contributed by atoms with Gasteiger partial charge in [0, 0.05) is 60.1 Å². The van der Waals surface area contributed by atoms with E-state index in [0.29, 0.717) is 6.04 Å². The van der Waals surface area contributed by atoms with E-state index in [2.05, 4.69) is 8.61 Å². The van der Waals surface area contributed by atoms with E-state index >= 15 is 0 Å². The van der Waals surface area contributed by atoms with E-state index < -0.39 is 10.8 Å². The highest BCUT2D eigenvalue weighted by Crippen LogP contribution is 2.40. The Morgan fingerprint density at radius 1 is 1.10 bits per heavy atom. The molecule has 0 amide bonds. The lowest BCUT2D eigenvalue weighted by molar-refractivity contribution is 0.215. The first kappa shape index (κ1) is 16.2. The first-order valence-electron chi connectivity index (χ1n) is 8.42. The van der Waals surface area contributed by atoms with Crippen LogP contribution in [0.4, 0.5) is 0 Å². The normalized spacial score (nSPS) is 34.5. The van der Waals surface area contributed by atoms with E-state index in [1.807, 2.05) is 0 Å². The lowest BCUT2D eigenvalue weighted by atomic mass is 9.79. The van der Waals surface area contributed by atoms with Crippen molar-refractivity contribution >= 4 is 22.9 Å². The predicted octanol–water partition coefficient (Wildman–Crippen LogP) is 1.88. The van der Waals surface area contributed by atoms with Crippen molar-refractivity contribution in [3.63, 3.8) is 0 Å². The smallest absolute Gasteiger partial charge is 0.0596 e. The molecule has 1 aliphatic carbocycles. The van der Waals surface area contributed by atoms with Crippen molar-refractivity contribution < 1.29 is 9.32 Å². The predicted molar refractivity (Wildman–Crippen MR) is 89.3 cm³/mol. The second-order valence-corrected chi connectivity index (χ2v) is 9.53. The van der Waals surface area contributed by atoms with Crippen molar-refractivity contribution in [2.45, 2.75) is 44.6 Å². The van der Waals surface area contributed by atoms with Crippen molar-refractivity contribution in [3.8, 4) is 0 Å². The number of hydrogen-bond acceptors (Lipinski definition) is 5. The monoisotopic (exact) mass is 332 g/mol. The molecular formula is C15H28N2O2S2. The zero-order valence-electron chi connectivity index (χ0n) is 12.8. The standard InChI is InChI=1S/C15H28N2O2S2/c18-12-15-10-14(13-4-2-1-3-5-13)11-17(15)20-16-6-8-21(19)9-7-16/h13-15,18H,1-12H2. The van der Waals surface area contributed by atoms with Crippen LogP contribution in [-0.4, -0.2) is 61.7 Å². The Kier molecular flexibility index (Phi) is 6.01. The average molecular weight is 333 g/mol. The molecule has 0 radical (unpaired) electrons. The maximum Gasteiger partial charge on any atom is 0.0596 e. The van der Waals surface area contributed by atoms with Crippen LogP contribution in [0.2, 0.25) is 0 Å². The minimum atomic E-state index is -0.608. The third-order valence-electron chi connectivity index (χ3n) is 5.28. The van der Waals surface area contributed by atoms with Gasteiger partial charge in [0.25, 0.3) is 0 Å². The van der Waals surface area contributed by atoms with Gasteiger partial charge < -0.3 is 5.11 Å². The molecule has 3 aliphatic rings. The van der Waals surface area contributed by atoms with Gasteiger partial charge in [-0.25, -0.2) is 8.61 Å². The summed E-state index contributed by atoms with van der Waals surface area (Å²) in [6, 6.07) is 0.314. The van der Waals surface area contributed by atoms with Gasteiger partial charge in [-0.2, -0.15) is 0 Å². The Balaban J connectivity index is 1.53. The molecule has 0 aromatic carbocycles. The molecule has 2 heterocycles. The van der Waals surface area contributed by atoms with Crippen molar-refractivity contribution in [2.24, 2.45) is 11.8 Å². The van der Waals surface area contributed by atoms with Gasteiger partial charge in [-0.1, -0.05) is 32.1 Å². The number of aliphatic hydroxyl groups is 1. The molecule has 0 aromatic rings. The molecule has 1 saturated carbocycles. The van der Waals surface area contributed by atoms with E-state index in [1.165, 1.54) is 32.1 Å².